The van der Waals surface area contributed by atoms with Gasteiger partial charge in [-0.2, -0.15) is 0 Å². The summed E-state index contributed by atoms with van der Waals surface area (Å²) in [5.41, 5.74) is 1.27. The fraction of sp³-hybridized carbons (Fsp3) is 0. The van der Waals surface area contributed by atoms with Crippen LogP contribution in [0.2, 0.25) is 0 Å². The minimum atomic E-state index is -0.612. The van der Waals surface area contributed by atoms with Crippen LogP contribution < -0.4 is 16.0 Å². The summed E-state index contributed by atoms with van der Waals surface area (Å²) in [6.07, 6.45) is 5.46. The third-order valence-corrected chi connectivity index (χ3v) is 4.39. The van der Waals surface area contributed by atoms with Crippen LogP contribution in [0, 0.1) is 11.6 Å². The van der Waals surface area contributed by atoms with E-state index in [1.165, 1.54) is 12.4 Å². The zero-order valence-electron chi connectivity index (χ0n) is 17.2. The molecule has 0 aliphatic carbocycles. The molecule has 4 aromatic rings. The number of pyridine rings is 1. The lowest BCUT2D eigenvalue weighted by atomic mass is 10.2. The maximum Gasteiger partial charge on any atom is 0.248 e. The van der Waals surface area contributed by atoms with Crippen LogP contribution in [0.5, 0.6) is 0 Å². The minimum Gasteiger partial charge on any atom is -0.340 e. The number of anilines is 5. The van der Waals surface area contributed by atoms with Gasteiger partial charge in [-0.1, -0.05) is 6.07 Å². The van der Waals surface area contributed by atoms with Gasteiger partial charge >= 0.3 is 0 Å². The molecular formula is C24H18F2N6O. The fourth-order valence-electron chi connectivity index (χ4n) is 2.84. The zero-order chi connectivity index (χ0) is 23.0. The fourth-order valence-corrected chi connectivity index (χ4v) is 2.84. The Morgan fingerprint density at radius 2 is 1.55 bits per heavy atom. The lowest BCUT2D eigenvalue weighted by molar-refractivity contribution is -0.111. The highest BCUT2D eigenvalue weighted by Gasteiger charge is 2.04. The average molecular weight is 444 g/mol. The van der Waals surface area contributed by atoms with E-state index >= 15 is 0 Å². The Balaban J connectivity index is 1.35. The molecule has 2 heterocycles. The van der Waals surface area contributed by atoms with Gasteiger partial charge in [0.15, 0.2) is 0 Å². The van der Waals surface area contributed by atoms with E-state index in [9.17, 15) is 13.6 Å². The van der Waals surface area contributed by atoms with Gasteiger partial charge in [0.2, 0.25) is 5.91 Å². The molecular weight excluding hydrogens is 426 g/mol. The first-order valence-electron chi connectivity index (χ1n) is 9.86. The standard InChI is InChI=1S/C24H18F2N6O/c25-17-5-10-20(26)16(13-17)4-11-24(33)31-19-8-6-18(7-9-19)30-22-14-23(29-15-28-22)32-21-3-1-2-12-27-21/h1-15H,(H,31,33)(H2,27,28,29,30,32)/b11-4+. The first-order valence-corrected chi connectivity index (χ1v) is 9.86. The van der Waals surface area contributed by atoms with Crippen LogP contribution in [-0.4, -0.2) is 20.9 Å². The molecule has 0 aliphatic rings. The molecule has 0 bridgehead atoms. The molecule has 0 aliphatic heterocycles. The topological polar surface area (TPSA) is 91.8 Å². The average Bonchev–Trinajstić information content (AvgIpc) is 2.82. The molecule has 0 atom stereocenters. The summed E-state index contributed by atoms with van der Waals surface area (Å²) < 4.78 is 26.8. The maximum atomic E-state index is 13.6. The van der Waals surface area contributed by atoms with E-state index in [1.807, 2.05) is 18.2 Å². The van der Waals surface area contributed by atoms with E-state index in [2.05, 4.69) is 30.9 Å². The van der Waals surface area contributed by atoms with E-state index in [0.717, 1.165) is 30.0 Å². The molecule has 7 nitrogen and oxygen atoms in total. The van der Waals surface area contributed by atoms with Crippen molar-refractivity contribution in [2.45, 2.75) is 0 Å². The number of benzene rings is 2. The Morgan fingerprint density at radius 3 is 2.30 bits per heavy atom. The van der Waals surface area contributed by atoms with Crippen LogP contribution in [0.3, 0.4) is 0 Å². The summed E-state index contributed by atoms with van der Waals surface area (Å²) in [6, 6.07) is 17.2. The third-order valence-electron chi connectivity index (χ3n) is 4.39. The molecule has 33 heavy (non-hydrogen) atoms. The van der Waals surface area contributed by atoms with E-state index < -0.39 is 17.5 Å². The van der Waals surface area contributed by atoms with Gasteiger partial charge in [-0.15, -0.1) is 0 Å². The quantitative estimate of drug-likeness (QED) is 0.336. The molecule has 9 heteroatoms. The number of amides is 1. The normalized spacial score (nSPS) is 10.7. The summed E-state index contributed by atoms with van der Waals surface area (Å²) >= 11 is 0. The molecule has 2 aromatic carbocycles. The molecule has 0 fully saturated rings. The second-order valence-electron chi connectivity index (χ2n) is 6.82. The minimum absolute atomic E-state index is 0.00791. The lowest BCUT2D eigenvalue weighted by Gasteiger charge is -2.09. The van der Waals surface area contributed by atoms with E-state index in [4.69, 9.17) is 0 Å². The van der Waals surface area contributed by atoms with Gasteiger partial charge in [0, 0.05) is 35.3 Å². The van der Waals surface area contributed by atoms with Crippen LogP contribution in [0.1, 0.15) is 5.56 Å². The highest BCUT2D eigenvalue weighted by Crippen LogP contribution is 2.20. The van der Waals surface area contributed by atoms with Gasteiger partial charge in [0.25, 0.3) is 0 Å². The molecule has 0 radical (unpaired) electrons. The van der Waals surface area contributed by atoms with Crippen molar-refractivity contribution in [1.82, 2.24) is 15.0 Å². The molecule has 1 amide bonds. The predicted molar refractivity (Wildman–Crippen MR) is 123 cm³/mol. The van der Waals surface area contributed by atoms with Crippen LogP contribution in [0.15, 0.2) is 85.3 Å². The highest BCUT2D eigenvalue weighted by molar-refractivity contribution is 6.02. The SMILES string of the molecule is O=C(/C=C/c1cc(F)ccc1F)Nc1ccc(Nc2cc(Nc3ccccn3)ncn2)cc1. The van der Waals surface area contributed by atoms with Crippen molar-refractivity contribution >= 4 is 40.8 Å². The van der Waals surface area contributed by atoms with Crippen LogP contribution >= 0.6 is 0 Å². The number of carbonyl (C=O) groups excluding carboxylic acids is 1. The van der Waals surface area contributed by atoms with Gasteiger partial charge in [0.05, 0.1) is 0 Å². The summed E-state index contributed by atoms with van der Waals surface area (Å²) in [4.78, 5) is 24.6. The van der Waals surface area contributed by atoms with Crippen molar-refractivity contribution in [3.05, 3.63) is 103 Å². The first kappa shape index (κ1) is 21.6. The lowest BCUT2D eigenvalue weighted by Crippen LogP contribution is -2.07. The Hall–Kier alpha value is -4.66. The first-order chi connectivity index (χ1) is 16.0. The molecule has 2 aromatic heterocycles. The van der Waals surface area contributed by atoms with E-state index in [1.54, 1.807) is 36.5 Å². The van der Waals surface area contributed by atoms with Gasteiger partial charge < -0.3 is 16.0 Å². The van der Waals surface area contributed by atoms with E-state index in [-0.39, 0.29) is 5.56 Å². The highest BCUT2D eigenvalue weighted by atomic mass is 19.1. The van der Waals surface area contributed by atoms with Crippen molar-refractivity contribution in [2.24, 2.45) is 0 Å². The number of hydrogen-bond donors (Lipinski definition) is 3. The Morgan fingerprint density at radius 1 is 0.788 bits per heavy atom. The predicted octanol–water partition coefficient (Wildman–Crippen LogP) is 5.29. The number of nitrogens with zero attached hydrogens (tertiary/aromatic N) is 3. The van der Waals surface area contributed by atoms with Gasteiger partial charge in [-0.3, -0.25) is 4.79 Å². The second-order valence-corrected chi connectivity index (χ2v) is 6.82. The number of rotatable bonds is 7. The van der Waals surface area contributed by atoms with Crippen molar-refractivity contribution in [3.63, 3.8) is 0 Å². The third kappa shape index (κ3) is 6.17. The number of aromatic nitrogens is 3. The Labute approximate surface area is 188 Å². The van der Waals surface area contributed by atoms with Gasteiger partial charge in [-0.05, 0) is 60.7 Å². The van der Waals surface area contributed by atoms with Gasteiger partial charge in [0.1, 0.15) is 35.4 Å². The van der Waals surface area contributed by atoms with E-state index in [0.29, 0.717) is 23.1 Å². The number of carbonyl (C=O) groups is 1. The molecule has 0 saturated heterocycles. The summed E-state index contributed by atoms with van der Waals surface area (Å²) in [5, 5.41) is 8.91. The van der Waals surface area contributed by atoms with Crippen LogP contribution in [0.25, 0.3) is 6.08 Å². The number of halogens is 2. The van der Waals surface area contributed by atoms with Crippen molar-refractivity contribution < 1.29 is 13.6 Å². The Bertz CT molecular complexity index is 1280. The monoisotopic (exact) mass is 444 g/mol. The summed E-state index contributed by atoms with van der Waals surface area (Å²) in [6.45, 7) is 0. The summed E-state index contributed by atoms with van der Waals surface area (Å²) in [7, 11) is 0. The van der Waals surface area contributed by atoms with Crippen molar-refractivity contribution in [2.75, 3.05) is 16.0 Å². The molecule has 0 saturated carbocycles. The second kappa shape index (κ2) is 10.1. The largest absolute Gasteiger partial charge is 0.340 e. The molecule has 4 rings (SSSR count). The van der Waals surface area contributed by atoms with Crippen molar-refractivity contribution in [3.8, 4) is 0 Å². The molecule has 0 unspecified atom stereocenters. The number of hydrogen-bond acceptors (Lipinski definition) is 6. The van der Waals surface area contributed by atoms with Crippen LogP contribution in [0.4, 0.5) is 37.6 Å². The van der Waals surface area contributed by atoms with Crippen LogP contribution in [-0.2, 0) is 4.79 Å². The Kier molecular flexibility index (Phi) is 6.60. The molecule has 0 spiro atoms. The summed E-state index contributed by atoms with van der Waals surface area (Å²) in [5.74, 6) is 0.149. The molecule has 3 N–H and O–H groups in total. The smallest absolute Gasteiger partial charge is 0.248 e. The number of nitrogens with one attached hydrogen (secondary N) is 3. The zero-order valence-corrected chi connectivity index (χ0v) is 17.2. The van der Waals surface area contributed by atoms with Crippen molar-refractivity contribution in [1.29, 1.82) is 0 Å². The molecule has 164 valence electrons. The van der Waals surface area contributed by atoms with Gasteiger partial charge in [-0.25, -0.2) is 23.7 Å². The maximum absolute atomic E-state index is 13.6.